The molecule has 0 amide bonds. The molecule has 1 saturated heterocycles. The number of thiophene rings is 1. The third kappa shape index (κ3) is 2.68. The summed E-state index contributed by atoms with van der Waals surface area (Å²) in [5.74, 6) is 2.16. The van der Waals surface area contributed by atoms with E-state index >= 15 is 0 Å². The quantitative estimate of drug-likeness (QED) is 0.887. The summed E-state index contributed by atoms with van der Waals surface area (Å²) in [7, 11) is 0. The highest BCUT2D eigenvalue weighted by atomic mass is 32.2. The second-order valence-electron chi connectivity index (χ2n) is 4.89. The van der Waals surface area contributed by atoms with E-state index in [9.17, 15) is 0 Å². The van der Waals surface area contributed by atoms with E-state index in [0.717, 1.165) is 12.5 Å². The van der Waals surface area contributed by atoms with E-state index in [1.54, 1.807) is 0 Å². The summed E-state index contributed by atoms with van der Waals surface area (Å²) in [5.41, 5.74) is 0. The number of aryl methyl sites for hydroxylation is 1. The van der Waals surface area contributed by atoms with Crippen molar-refractivity contribution in [2.45, 2.75) is 38.8 Å². The van der Waals surface area contributed by atoms with Gasteiger partial charge in [-0.3, -0.25) is 4.99 Å². The van der Waals surface area contributed by atoms with Crippen LogP contribution >= 0.6 is 23.1 Å². The summed E-state index contributed by atoms with van der Waals surface area (Å²) < 4.78 is 0. The van der Waals surface area contributed by atoms with Gasteiger partial charge in [-0.05, 0) is 37.8 Å². The lowest BCUT2D eigenvalue weighted by atomic mass is 10.1. The second-order valence-corrected chi connectivity index (χ2v) is 7.27. The Morgan fingerprint density at radius 3 is 3.18 bits per heavy atom. The summed E-state index contributed by atoms with van der Waals surface area (Å²) >= 11 is 3.76. The molecule has 0 spiro atoms. The van der Waals surface area contributed by atoms with E-state index < -0.39 is 0 Å². The first-order chi connectivity index (χ1) is 8.31. The van der Waals surface area contributed by atoms with Crippen LogP contribution in [0.4, 0.5) is 0 Å². The van der Waals surface area contributed by atoms with Crippen LogP contribution in [-0.4, -0.2) is 17.0 Å². The zero-order valence-electron chi connectivity index (χ0n) is 10.1. The molecule has 2 fully saturated rings. The van der Waals surface area contributed by atoms with Gasteiger partial charge < -0.3 is 5.32 Å². The standard InChI is InChI=1S/C13H18N2S2/c1-9-5-6-11(17-9)7-14-13-15-12-4-2-3-10(12)8-16-13/h5-6,10,12H,2-4,7-8H2,1H3,(H,14,15). The molecular weight excluding hydrogens is 248 g/mol. The molecule has 0 radical (unpaired) electrons. The van der Waals surface area contributed by atoms with Crippen molar-refractivity contribution in [3.05, 3.63) is 21.9 Å². The van der Waals surface area contributed by atoms with Crippen LogP contribution in [0.25, 0.3) is 0 Å². The van der Waals surface area contributed by atoms with E-state index in [4.69, 9.17) is 4.99 Å². The third-order valence-corrected chi connectivity index (χ3v) is 5.68. The first kappa shape index (κ1) is 11.6. The second kappa shape index (κ2) is 5.02. The summed E-state index contributed by atoms with van der Waals surface area (Å²) in [5, 5.41) is 4.78. The highest BCUT2D eigenvalue weighted by Gasteiger charge is 2.31. The number of hydrogen-bond acceptors (Lipinski definition) is 3. The molecule has 17 heavy (non-hydrogen) atoms. The maximum absolute atomic E-state index is 4.71. The molecule has 2 unspecified atom stereocenters. The van der Waals surface area contributed by atoms with Gasteiger partial charge in [-0.2, -0.15) is 0 Å². The molecule has 4 heteroatoms. The lowest BCUT2D eigenvalue weighted by Gasteiger charge is -2.27. The van der Waals surface area contributed by atoms with Gasteiger partial charge in [-0.15, -0.1) is 11.3 Å². The maximum Gasteiger partial charge on any atom is 0.157 e. The zero-order chi connectivity index (χ0) is 11.7. The number of nitrogens with zero attached hydrogens (tertiary/aromatic N) is 1. The van der Waals surface area contributed by atoms with Crippen LogP contribution in [0.2, 0.25) is 0 Å². The fourth-order valence-electron chi connectivity index (χ4n) is 2.62. The average Bonchev–Trinajstić information content (AvgIpc) is 2.94. The van der Waals surface area contributed by atoms with Gasteiger partial charge in [0.1, 0.15) is 0 Å². The molecule has 2 aliphatic rings. The number of nitrogens with one attached hydrogen (secondary N) is 1. The largest absolute Gasteiger partial charge is 0.362 e. The zero-order valence-corrected chi connectivity index (χ0v) is 11.7. The predicted octanol–water partition coefficient (Wildman–Crippen LogP) is 3.42. The normalized spacial score (nSPS) is 30.3. The number of fused-ring (bicyclic) bond motifs is 1. The van der Waals surface area contributed by atoms with E-state index in [1.165, 1.54) is 39.9 Å². The molecule has 1 aliphatic carbocycles. The van der Waals surface area contributed by atoms with Crippen molar-refractivity contribution in [1.82, 2.24) is 5.32 Å². The molecular formula is C13H18N2S2. The molecule has 92 valence electrons. The van der Waals surface area contributed by atoms with Gasteiger partial charge in [-0.25, -0.2) is 0 Å². The van der Waals surface area contributed by atoms with E-state index in [-0.39, 0.29) is 0 Å². The van der Waals surface area contributed by atoms with Crippen molar-refractivity contribution in [3.8, 4) is 0 Å². The highest BCUT2D eigenvalue weighted by Crippen LogP contribution is 2.33. The van der Waals surface area contributed by atoms with Crippen molar-refractivity contribution in [1.29, 1.82) is 0 Å². The Kier molecular flexibility index (Phi) is 3.43. The van der Waals surface area contributed by atoms with E-state index in [2.05, 4.69) is 24.4 Å². The minimum absolute atomic E-state index is 0.708. The van der Waals surface area contributed by atoms with Gasteiger partial charge in [0.2, 0.25) is 0 Å². The van der Waals surface area contributed by atoms with Crippen LogP contribution in [0, 0.1) is 12.8 Å². The Labute approximate surface area is 111 Å². The monoisotopic (exact) mass is 266 g/mol. The van der Waals surface area contributed by atoms with Gasteiger partial charge in [0.25, 0.3) is 0 Å². The Morgan fingerprint density at radius 2 is 2.35 bits per heavy atom. The summed E-state index contributed by atoms with van der Waals surface area (Å²) in [6, 6.07) is 5.07. The lowest BCUT2D eigenvalue weighted by Crippen LogP contribution is -2.41. The Morgan fingerprint density at radius 1 is 1.41 bits per heavy atom. The van der Waals surface area contributed by atoms with Crippen molar-refractivity contribution in [3.63, 3.8) is 0 Å². The van der Waals surface area contributed by atoms with Gasteiger partial charge in [0.05, 0.1) is 6.54 Å². The van der Waals surface area contributed by atoms with Gasteiger partial charge in [0.15, 0.2) is 5.17 Å². The average molecular weight is 266 g/mol. The van der Waals surface area contributed by atoms with Crippen LogP contribution in [0.3, 0.4) is 0 Å². The Balaban J connectivity index is 1.61. The van der Waals surface area contributed by atoms with E-state index in [0.29, 0.717) is 6.04 Å². The fourth-order valence-corrected chi connectivity index (χ4v) is 4.60. The third-order valence-electron chi connectivity index (χ3n) is 3.58. The fraction of sp³-hybridized carbons (Fsp3) is 0.615. The number of aliphatic imine (C=N–C) groups is 1. The SMILES string of the molecule is Cc1ccc(CN=C2NC3CCCC3CS2)s1. The molecule has 0 bridgehead atoms. The van der Waals surface area contributed by atoms with E-state index in [1.807, 2.05) is 23.1 Å². The summed E-state index contributed by atoms with van der Waals surface area (Å²) in [4.78, 5) is 7.45. The summed E-state index contributed by atoms with van der Waals surface area (Å²) in [6.07, 6.45) is 4.13. The summed E-state index contributed by atoms with van der Waals surface area (Å²) in [6.45, 7) is 2.99. The molecule has 3 rings (SSSR count). The molecule has 2 nitrogen and oxygen atoms in total. The Bertz CT molecular complexity index is 425. The number of hydrogen-bond donors (Lipinski definition) is 1. The molecule has 2 atom stereocenters. The van der Waals surface area contributed by atoms with Crippen LogP contribution in [0.5, 0.6) is 0 Å². The van der Waals surface area contributed by atoms with Gasteiger partial charge in [0, 0.05) is 21.5 Å². The topological polar surface area (TPSA) is 24.4 Å². The lowest BCUT2D eigenvalue weighted by molar-refractivity contribution is 0.490. The van der Waals surface area contributed by atoms with Crippen LogP contribution < -0.4 is 5.32 Å². The minimum atomic E-state index is 0.708. The number of thioether (sulfide) groups is 1. The van der Waals surface area contributed by atoms with Crippen molar-refractivity contribution < 1.29 is 0 Å². The number of amidine groups is 1. The Hall–Kier alpha value is -0.480. The van der Waals surface area contributed by atoms with Crippen LogP contribution in [0.15, 0.2) is 17.1 Å². The molecule has 1 saturated carbocycles. The van der Waals surface area contributed by atoms with Crippen molar-refractivity contribution >= 4 is 28.3 Å². The smallest absolute Gasteiger partial charge is 0.157 e. The van der Waals surface area contributed by atoms with Crippen LogP contribution in [-0.2, 0) is 6.54 Å². The molecule has 1 aliphatic heterocycles. The van der Waals surface area contributed by atoms with Crippen molar-refractivity contribution in [2.75, 3.05) is 5.75 Å². The first-order valence-corrected chi connectivity index (χ1v) is 8.10. The molecule has 1 aromatic rings. The van der Waals surface area contributed by atoms with Gasteiger partial charge in [-0.1, -0.05) is 18.2 Å². The molecule has 1 aromatic heterocycles. The van der Waals surface area contributed by atoms with Crippen LogP contribution in [0.1, 0.15) is 29.0 Å². The first-order valence-electron chi connectivity index (χ1n) is 6.30. The predicted molar refractivity (Wildman–Crippen MR) is 76.9 cm³/mol. The molecule has 2 heterocycles. The minimum Gasteiger partial charge on any atom is -0.362 e. The molecule has 0 aromatic carbocycles. The highest BCUT2D eigenvalue weighted by molar-refractivity contribution is 8.13. The maximum atomic E-state index is 4.71. The van der Waals surface area contributed by atoms with Gasteiger partial charge >= 0.3 is 0 Å². The molecule has 1 N–H and O–H groups in total. The van der Waals surface area contributed by atoms with Crippen molar-refractivity contribution in [2.24, 2.45) is 10.9 Å². The number of rotatable bonds is 2.